The van der Waals surface area contributed by atoms with E-state index in [1.807, 2.05) is 0 Å². The summed E-state index contributed by atoms with van der Waals surface area (Å²) in [5, 5.41) is 2.16. The van der Waals surface area contributed by atoms with Crippen molar-refractivity contribution in [3.8, 4) is 5.75 Å². The lowest BCUT2D eigenvalue weighted by molar-refractivity contribution is -0.139. The number of alkyl halides is 3. The van der Waals surface area contributed by atoms with Gasteiger partial charge in [-0.15, -0.1) is 0 Å². The van der Waals surface area contributed by atoms with Crippen LogP contribution < -0.4 is 10.1 Å². The molecule has 0 atom stereocenters. The highest BCUT2D eigenvalue weighted by atomic mass is 19.4. The number of hydrogen-bond donors (Lipinski definition) is 1. The first-order valence-corrected chi connectivity index (χ1v) is 4.92. The second-order valence-electron chi connectivity index (χ2n) is 3.64. The lowest BCUT2D eigenvalue weighted by Gasteiger charge is -2.17. The van der Waals surface area contributed by atoms with E-state index >= 15 is 0 Å². The maximum absolute atomic E-state index is 12.7. The van der Waals surface area contributed by atoms with Crippen LogP contribution in [0, 0.1) is 0 Å². The van der Waals surface area contributed by atoms with E-state index in [9.17, 15) is 18.0 Å². The average Bonchev–Trinajstić information content (AvgIpc) is 2.18. The maximum atomic E-state index is 12.7. The average molecular weight is 247 g/mol. The number of nitrogens with one attached hydrogen (secondary N) is 1. The van der Waals surface area contributed by atoms with E-state index in [2.05, 4.69) is 5.32 Å². The number of carbonyl (C=O) groups is 1. The third-order valence-electron chi connectivity index (χ3n) is 1.87. The molecule has 1 amide bonds. The van der Waals surface area contributed by atoms with Crippen LogP contribution in [0.5, 0.6) is 5.75 Å². The van der Waals surface area contributed by atoms with Crippen LogP contribution in [-0.2, 0) is 11.0 Å². The van der Waals surface area contributed by atoms with Gasteiger partial charge in [0.1, 0.15) is 5.75 Å². The van der Waals surface area contributed by atoms with E-state index in [1.54, 1.807) is 13.8 Å². The lowest BCUT2D eigenvalue weighted by Crippen LogP contribution is -2.13. The summed E-state index contributed by atoms with van der Waals surface area (Å²) < 4.78 is 43.2. The topological polar surface area (TPSA) is 38.3 Å². The van der Waals surface area contributed by atoms with Crippen LogP contribution in [-0.4, -0.2) is 12.5 Å². The van der Waals surface area contributed by atoms with E-state index in [0.29, 0.717) is 6.41 Å². The minimum Gasteiger partial charge on any atom is -0.490 e. The van der Waals surface area contributed by atoms with Crippen LogP contribution in [0.4, 0.5) is 18.9 Å². The predicted molar refractivity (Wildman–Crippen MR) is 56.9 cm³/mol. The van der Waals surface area contributed by atoms with Gasteiger partial charge in [0.25, 0.3) is 0 Å². The van der Waals surface area contributed by atoms with Gasteiger partial charge in [0.2, 0.25) is 6.41 Å². The molecule has 1 aromatic carbocycles. The van der Waals surface area contributed by atoms with Gasteiger partial charge in [0.15, 0.2) is 0 Å². The van der Waals surface area contributed by atoms with E-state index in [4.69, 9.17) is 4.74 Å². The quantitative estimate of drug-likeness (QED) is 0.830. The van der Waals surface area contributed by atoms with Crippen LogP contribution >= 0.6 is 0 Å². The van der Waals surface area contributed by atoms with Gasteiger partial charge in [-0.3, -0.25) is 4.79 Å². The van der Waals surface area contributed by atoms with Crippen molar-refractivity contribution in [2.24, 2.45) is 0 Å². The Morgan fingerprint density at radius 2 is 2.00 bits per heavy atom. The number of ether oxygens (including phenoxy) is 1. The Morgan fingerprint density at radius 3 is 2.47 bits per heavy atom. The highest BCUT2D eigenvalue weighted by molar-refractivity contribution is 5.72. The molecule has 6 heteroatoms. The van der Waals surface area contributed by atoms with Crippen molar-refractivity contribution in [1.82, 2.24) is 0 Å². The summed E-state index contributed by atoms with van der Waals surface area (Å²) in [5.74, 6) is -0.246. The summed E-state index contributed by atoms with van der Waals surface area (Å²) in [5.41, 5.74) is -0.832. The number of carbonyl (C=O) groups excluding carboxylic acids is 1. The first kappa shape index (κ1) is 13.3. The second kappa shape index (κ2) is 5.07. The zero-order valence-corrected chi connectivity index (χ0v) is 9.34. The molecule has 0 saturated carbocycles. The molecule has 0 bridgehead atoms. The predicted octanol–water partition coefficient (Wildman–Crippen LogP) is 3.06. The van der Waals surface area contributed by atoms with Crippen LogP contribution in [0.1, 0.15) is 19.4 Å². The van der Waals surface area contributed by atoms with Gasteiger partial charge in [0, 0.05) is 5.69 Å². The Bertz CT molecular complexity index is 402. The summed E-state index contributed by atoms with van der Waals surface area (Å²) in [6.45, 7) is 3.27. The SMILES string of the molecule is CC(C)Oc1ccc(NC=O)cc1C(F)(F)F. The highest BCUT2D eigenvalue weighted by Crippen LogP contribution is 2.38. The standard InChI is InChI=1S/C11H12F3NO2/c1-7(2)17-10-4-3-8(15-6-16)5-9(10)11(12,13)14/h3-7H,1-2H3,(H,15,16). The zero-order chi connectivity index (χ0) is 13.1. The van der Waals surface area contributed by atoms with Crippen molar-refractivity contribution in [1.29, 1.82) is 0 Å². The van der Waals surface area contributed by atoms with Gasteiger partial charge in [0.05, 0.1) is 11.7 Å². The summed E-state index contributed by atoms with van der Waals surface area (Å²) in [4.78, 5) is 10.2. The molecule has 0 aliphatic rings. The fraction of sp³-hybridized carbons (Fsp3) is 0.364. The Balaban J connectivity index is 3.16. The lowest BCUT2D eigenvalue weighted by atomic mass is 10.1. The summed E-state index contributed by atoms with van der Waals surface area (Å²) in [6.07, 6.45) is -4.57. The van der Waals surface area contributed by atoms with Gasteiger partial charge in [-0.1, -0.05) is 0 Å². The number of hydrogen-bond acceptors (Lipinski definition) is 2. The molecule has 0 unspecified atom stereocenters. The van der Waals surface area contributed by atoms with Crippen molar-refractivity contribution in [2.45, 2.75) is 26.1 Å². The summed E-state index contributed by atoms with van der Waals surface area (Å²) >= 11 is 0. The normalized spacial score (nSPS) is 11.4. The zero-order valence-electron chi connectivity index (χ0n) is 9.34. The molecule has 0 spiro atoms. The smallest absolute Gasteiger partial charge is 0.420 e. The number of amides is 1. The van der Waals surface area contributed by atoms with Gasteiger partial charge in [-0.2, -0.15) is 13.2 Å². The van der Waals surface area contributed by atoms with Gasteiger partial charge >= 0.3 is 6.18 Å². The van der Waals surface area contributed by atoms with E-state index in [-0.39, 0.29) is 17.5 Å². The van der Waals surface area contributed by atoms with Crippen LogP contribution in [0.3, 0.4) is 0 Å². The molecular weight excluding hydrogens is 235 g/mol. The minimum atomic E-state index is -4.52. The summed E-state index contributed by atoms with van der Waals surface area (Å²) in [7, 11) is 0. The van der Waals surface area contributed by atoms with Crippen molar-refractivity contribution >= 4 is 12.1 Å². The molecule has 94 valence electrons. The third kappa shape index (κ3) is 3.65. The maximum Gasteiger partial charge on any atom is 0.420 e. The van der Waals surface area contributed by atoms with E-state index < -0.39 is 11.7 Å². The largest absolute Gasteiger partial charge is 0.490 e. The van der Waals surface area contributed by atoms with Gasteiger partial charge in [-0.05, 0) is 32.0 Å². The Labute approximate surface area is 96.6 Å². The van der Waals surface area contributed by atoms with Gasteiger partial charge < -0.3 is 10.1 Å². The molecule has 1 aromatic rings. The van der Waals surface area contributed by atoms with E-state index in [0.717, 1.165) is 6.07 Å². The fourth-order valence-electron chi connectivity index (χ4n) is 1.27. The van der Waals surface area contributed by atoms with Crippen molar-refractivity contribution in [3.63, 3.8) is 0 Å². The molecule has 0 heterocycles. The van der Waals surface area contributed by atoms with Crippen LogP contribution in [0.15, 0.2) is 18.2 Å². The molecule has 0 aromatic heterocycles. The molecule has 0 aliphatic carbocycles. The number of rotatable bonds is 4. The molecule has 17 heavy (non-hydrogen) atoms. The molecule has 3 nitrogen and oxygen atoms in total. The number of anilines is 1. The third-order valence-corrected chi connectivity index (χ3v) is 1.87. The van der Waals surface area contributed by atoms with Gasteiger partial charge in [-0.25, -0.2) is 0 Å². The molecule has 0 saturated heterocycles. The first-order chi connectivity index (χ1) is 7.84. The summed E-state index contributed by atoms with van der Waals surface area (Å²) in [6, 6.07) is 3.38. The van der Waals surface area contributed by atoms with Crippen molar-refractivity contribution in [2.75, 3.05) is 5.32 Å². The molecule has 0 aliphatic heterocycles. The molecule has 0 radical (unpaired) electrons. The highest BCUT2D eigenvalue weighted by Gasteiger charge is 2.34. The monoisotopic (exact) mass is 247 g/mol. The molecular formula is C11H12F3NO2. The van der Waals surface area contributed by atoms with Crippen molar-refractivity contribution in [3.05, 3.63) is 23.8 Å². The molecule has 0 fully saturated rings. The Kier molecular flexibility index (Phi) is 3.98. The van der Waals surface area contributed by atoms with E-state index in [1.165, 1.54) is 12.1 Å². The second-order valence-corrected chi connectivity index (χ2v) is 3.64. The minimum absolute atomic E-state index is 0.0726. The number of halogens is 3. The first-order valence-electron chi connectivity index (χ1n) is 4.92. The Hall–Kier alpha value is -1.72. The number of benzene rings is 1. The Morgan fingerprint density at radius 1 is 1.35 bits per heavy atom. The fourth-order valence-corrected chi connectivity index (χ4v) is 1.27. The molecule has 1 rings (SSSR count). The van der Waals surface area contributed by atoms with Crippen LogP contribution in [0.25, 0.3) is 0 Å². The van der Waals surface area contributed by atoms with Crippen molar-refractivity contribution < 1.29 is 22.7 Å². The molecule has 1 N–H and O–H groups in total. The van der Waals surface area contributed by atoms with Crippen LogP contribution in [0.2, 0.25) is 0 Å².